The van der Waals surface area contributed by atoms with Crippen molar-refractivity contribution in [1.82, 2.24) is 10.6 Å². The summed E-state index contributed by atoms with van der Waals surface area (Å²) in [6.45, 7) is 3.87. The molecule has 0 radical (unpaired) electrons. The van der Waals surface area contributed by atoms with Gasteiger partial charge in [0.1, 0.15) is 12.4 Å². The Kier molecular flexibility index (Phi) is 8.56. The molecule has 0 spiro atoms. The van der Waals surface area contributed by atoms with Crippen molar-refractivity contribution in [2.24, 2.45) is 4.99 Å². The van der Waals surface area contributed by atoms with Crippen LogP contribution in [0.3, 0.4) is 0 Å². The number of carbonyl (C=O) groups is 1. The SMILES string of the molecule is CN=C(NCCOc1ccc(C)cc1)NCC1CC(=O)Nc2ccccc21.I. The Morgan fingerprint density at radius 3 is 2.68 bits per heavy atom. The molecule has 0 saturated heterocycles. The Morgan fingerprint density at radius 2 is 1.93 bits per heavy atom. The van der Waals surface area contributed by atoms with E-state index in [1.807, 2.05) is 42.5 Å². The van der Waals surface area contributed by atoms with Gasteiger partial charge in [-0.3, -0.25) is 9.79 Å². The van der Waals surface area contributed by atoms with E-state index in [0.29, 0.717) is 32.1 Å². The van der Waals surface area contributed by atoms with Crippen LogP contribution in [0.25, 0.3) is 0 Å². The molecule has 1 aliphatic rings. The van der Waals surface area contributed by atoms with E-state index in [1.165, 1.54) is 5.56 Å². The summed E-state index contributed by atoms with van der Waals surface area (Å²) in [5, 5.41) is 9.47. The zero-order valence-electron chi connectivity index (χ0n) is 16.2. The van der Waals surface area contributed by atoms with Crippen molar-refractivity contribution >= 4 is 41.5 Å². The normalized spacial score (nSPS) is 15.7. The molecule has 1 atom stereocenters. The summed E-state index contributed by atoms with van der Waals surface area (Å²) in [7, 11) is 1.73. The number of guanidine groups is 1. The Hall–Kier alpha value is -2.29. The molecule has 1 amide bonds. The molecule has 3 rings (SSSR count). The lowest BCUT2D eigenvalue weighted by molar-refractivity contribution is -0.116. The number of hydrogen-bond donors (Lipinski definition) is 3. The van der Waals surface area contributed by atoms with Gasteiger partial charge in [0.2, 0.25) is 5.91 Å². The number of amides is 1. The smallest absolute Gasteiger partial charge is 0.225 e. The quantitative estimate of drug-likeness (QED) is 0.250. The van der Waals surface area contributed by atoms with Crippen molar-refractivity contribution in [3.8, 4) is 5.75 Å². The summed E-state index contributed by atoms with van der Waals surface area (Å²) >= 11 is 0. The van der Waals surface area contributed by atoms with Gasteiger partial charge >= 0.3 is 0 Å². The van der Waals surface area contributed by atoms with Gasteiger partial charge in [-0.2, -0.15) is 0 Å². The van der Waals surface area contributed by atoms with Crippen LogP contribution in [0.15, 0.2) is 53.5 Å². The first kappa shape index (κ1) is 22.0. The van der Waals surface area contributed by atoms with Gasteiger partial charge in [-0.15, -0.1) is 24.0 Å². The number of rotatable bonds is 6. The van der Waals surface area contributed by atoms with Crippen LogP contribution in [0.5, 0.6) is 5.75 Å². The molecular formula is C21H27IN4O2. The van der Waals surface area contributed by atoms with Crippen LogP contribution in [-0.4, -0.2) is 38.6 Å². The second-order valence-corrected chi connectivity index (χ2v) is 6.58. The summed E-state index contributed by atoms with van der Waals surface area (Å²) in [5.41, 5.74) is 3.26. The van der Waals surface area contributed by atoms with Gasteiger partial charge < -0.3 is 20.7 Å². The third-order valence-electron chi connectivity index (χ3n) is 4.53. The van der Waals surface area contributed by atoms with E-state index < -0.39 is 0 Å². The number of carbonyl (C=O) groups excluding carboxylic acids is 1. The summed E-state index contributed by atoms with van der Waals surface area (Å²) in [6.07, 6.45) is 0.470. The van der Waals surface area contributed by atoms with Crippen molar-refractivity contribution in [3.63, 3.8) is 0 Å². The summed E-state index contributed by atoms with van der Waals surface area (Å²) < 4.78 is 5.71. The van der Waals surface area contributed by atoms with E-state index in [4.69, 9.17) is 4.74 Å². The lowest BCUT2D eigenvalue weighted by atomic mass is 9.90. The van der Waals surface area contributed by atoms with E-state index >= 15 is 0 Å². The van der Waals surface area contributed by atoms with Crippen LogP contribution in [0.2, 0.25) is 0 Å². The fourth-order valence-corrected chi connectivity index (χ4v) is 3.10. The maximum atomic E-state index is 11.9. The third kappa shape index (κ3) is 6.12. The van der Waals surface area contributed by atoms with Gasteiger partial charge in [0.25, 0.3) is 0 Å². The van der Waals surface area contributed by atoms with E-state index in [0.717, 1.165) is 17.0 Å². The standard InChI is InChI=1S/C21H26N4O2.HI/c1-15-7-9-17(10-8-15)27-12-11-23-21(22-2)24-14-16-13-20(26)25-19-6-4-3-5-18(16)19;/h3-10,16H,11-14H2,1-2H3,(H,25,26)(H2,22,23,24);1H. The van der Waals surface area contributed by atoms with Crippen molar-refractivity contribution < 1.29 is 9.53 Å². The Labute approximate surface area is 183 Å². The number of hydrogen-bond acceptors (Lipinski definition) is 3. The minimum absolute atomic E-state index is 0. The minimum Gasteiger partial charge on any atom is -0.492 e. The topological polar surface area (TPSA) is 74.8 Å². The van der Waals surface area contributed by atoms with Gasteiger partial charge in [0.15, 0.2) is 5.96 Å². The molecule has 1 unspecified atom stereocenters. The van der Waals surface area contributed by atoms with Crippen LogP contribution in [0.4, 0.5) is 5.69 Å². The fourth-order valence-electron chi connectivity index (χ4n) is 3.10. The highest BCUT2D eigenvalue weighted by Gasteiger charge is 2.24. The van der Waals surface area contributed by atoms with E-state index in [9.17, 15) is 4.79 Å². The maximum Gasteiger partial charge on any atom is 0.225 e. The lowest BCUT2D eigenvalue weighted by Crippen LogP contribution is -2.42. The van der Waals surface area contributed by atoms with Gasteiger partial charge in [0, 0.05) is 31.6 Å². The lowest BCUT2D eigenvalue weighted by Gasteiger charge is -2.26. The van der Waals surface area contributed by atoms with Gasteiger partial charge in [-0.25, -0.2) is 0 Å². The molecule has 1 heterocycles. The first-order valence-electron chi connectivity index (χ1n) is 9.18. The van der Waals surface area contributed by atoms with E-state index in [1.54, 1.807) is 7.05 Å². The third-order valence-corrected chi connectivity index (χ3v) is 4.53. The highest BCUT2D eigenvalue weighted by Crippen LogP contribution is 2.31. The number of nitrogens with one attached hydrogen (secondary N) is 3. The molecule has 0 aliphatic carbocycles. The Morgan fingerprint density at radius 1 is 1.18 bits per heavy atom. The number of ether oxygens (including phenoxy) is 1. The molecule has 1 aliphatic heterocycles. The van der Waals surface area contributed by atoms with Crippen molar-refractivity contribution in [1.29, 1.82) is 0 Å². The fraction of sp³-hybridized carbons (Fsp3) is 0.333. The number of benzene rings is 2. The molecule has 150 valence electrons. The second-order valence-electron chi connectivity index (χ2n) is 6.58. The number of anilines is 1. The highest BCUT2D eigenvalue weighted by molar-refractivity contribution is 14.0. The van der Waals surface area contributed by atoms with Gasteiger partial charge in [-0.1, -0.05) is 35.9 Å². The number of aliphatic imine (C=N–C) groups is 1. The maximum absolute atomic E-state index is 11.9. The Balaban J connectivity index is 0.00000280. The number of halogens is 1. The average Bonchev–Trinajstić information content (AvgIpc) is 2.68. The highest BCUT2D eigenvalue weighted by atomic mass is 127. The second kappa shape index (κ2) is 10.9. The minimum atomic E-state index is 0. The van der Waals surface area contributed by atoms with Crippen molar-refractivity contribution in [3.05, 3.63) is 59.7 Å². The van der Waals surface area contributed by atoms with Crippen LogP contribution in [0.1, 0.15) is 23.5 Å². The van der Waals surface area contributed by atoms with E-state index in [2.05, 4.69) is 33.9 Å². The predicted molar refractivity (Wildman–Crippen MR) is 124 cm³/mol. The molecule has 6 nitrogen and oxygen atoms in total. The van der Waals surface area contributed by atoms with Crippen LogP contribution < -0.4 is 20.7 Å². The number of aryl methyl sites for hydroxylation is 1. The monoisotopic (exact) mass is 494 g/mol. The van der Waals surface area contributed by atoms with E-state index in [-0.39, 0.29) is 35.8 Å². The summed E-state index contributed by atoms with van der Waals surface area (Å²) in [6, 6.07) is 15.9. The molecule has 0 saturated carbocycles. The zero-order valence-corrected chi connectivity index (χ0v) is 18.5. The molecular weight excluding hydrogens is 467 g/mol. The number of fused-ring (bicyclic) bond motifs is 1. The number of para-hydroxylation sites is 1. The molecule has 7 heteroatoms. The molecule has 0 aromatic heterocycles. The largest absolute Gasteiger partial charge is 0.492 e. The van der Waals surface area contributed by atoms with Gasteiger partial charge in [0.05, 0.1) is 6.54 Å². The predicted octanol–water partition coefficient (Wildman–Crippen LogP) is 3.28. The molecule has 3 N–H and O–H groups in total. The molecule has 28 heavy (non-hydrogen) atoms. The first-order valence-corrected chi connectivity index (χ1v) is 9.18. The van der Waals surface area contributed by atoms with Crippen LogP contribution >= 0.6 is 24.0 Å². The first-order chi connectivity index (χ1) is 13.2. The zero-order chi connectivity index (χ0) is 19.1. The number of nitrogens with zero attached hydrogens (tertiary/aromatic N) is 1. The molecule has 2 aromatic carbocycles. The van der Waals surface area contributed by atoms with Crippen LogP contribution in [0, 0.1) is 6.92 Å². The molecule has 2 aromatic rings. The molecule has 0 bridgehead atoms. The van der Waals surface area contributed by atoms with Crippen LogP contribution in [-0.2, 0) is 4.79 Å². The summed E-state index contributed by atoms with van der Waals surface area (Å²) in [4.78, 5) is 16.2. The van der Waals surface area contributed by atoms with Crippen molar-refractivity contribution in [2.45, 2.75) is 19.3 Å². The van der Waals surface area contributed by atoms with Gasteiger partial charge in [-0.05, 0) is 30.7 Å². The Bertz CT molecular complexity index is 808. The van der Waals surface area contributed by atoms with Crippen molar-refractivity contribution in [2.75, 3.05) is 32.1 Å². The summed E-state index contributed by atoms with van der Waals surface area (Å²) in [5.74, 6) is 1.73. The molecule has 0 fully saturated rings. The average molecular weight is 494 g/mol.